The van der Waals surface area contributed by atoms with Crippen LogP contribution >= 0.6 is 0 Å². The van der Waals surface area contributed by atoms with Crippen molar-refractivity contribution < 1.29 is 4.74 Å². The van der Waals surface area contributed by atoms with Crippen LogP contribution in [-0.4, -0.2) is 6.10 Å². The second kappa shape index (κ2) is 2.69. The van der Waals surface area contributed by atoms with Gasteiger partial charge in [0, 0.05) is 0 Å². The Balaban J connectivity index is 3.35. The second-order valence-corrected chi connectivity index (χ2v) is 2.64. The van der Waals surface area contributed by atoms with Crippen molar-refractivity contribution in [3.63, 3.8) is 0 Å². The molecule has 64 valence electrons. The number of rotatable bonds is 0. The Labute approximate surface area is 75.2 Å². The Morgan fingerprint density at radius 2 is 1.92 bits per heavy atom. The number of hydrogen-bond acceptors (Lipinski definition) is 5. The lowest BCUT2D eigenvalue weighted by molar-refractivity contribution is 0.121. The number of nitrogens with zero attached hydrogens (tertiary/aromatic N) is 3. The monoisotopic (exact) mass is 174 g/mol. The highest BCUT2D eigenvalue weighted by Gasteiger charge is 2.50. The van der Waals surface area contributed by atoms with E-state index >= 15 is 0 Å². The minimum Gasteiger partial charge on any atom is -0.472 e. The molecule has 0 radical (unpaired) electrons. The van der Waals surface area contributed by atoms with Crippen LogP contribution in [0.2, 0.25) is 0 Å². The summed E-state index contributed by atoms with van der Waals surface area (Å²) in [6.45, 7) is 1.53. The van der Waals surface area contributed by atoms with E-state index in [1.54, 1.807) is 18.2 Å². The van der Waals surface area contributed by atoms with Crippen LogP contribution < -0.4 is 5.73 Å². The average Bonchev–Trinajstić information content (AvgIpc) is 2.36. The Morgan fingerprint density at radius 3 is 2.23 bits per heavy atom. The Kier molecular flexibility index (Phi) is 1.85. The lowest BCUT2D eigenvalue weighted by atomic mass is 9.81. The molecule has 0 aromatic rings. The van der Waals surface area contributed by atoms with Crippen molar-refractivity contribution >= 4 is 0 Å². The molecule has 1 heterocycles. The SMILES string of the molecule is C[C@@H]1OC(N)=C(C#N)C1(C#N)C#N. The largest absolute Gasteiger partial charge is 0.472 e. The third kappa shape index (κ3) is 0.898. The van der Waals surface area contributed by atoms with Crippen LogP contribution in [0.5, 0.6) is 0 Å². The van der Waals surface area contributed by atoms with Gasteiger partial charge in [0.05, 0.1) is 12.1 Å². The summed E-state index contributed by atoms with van der Waals surface area (Å²) in [6.07, 6.45) is -0.697. The Bertz CT molecular complexity index is 376. The van der Waals surface area contributed by atoms with Gasteiger partial charge in [-0.25, -0.2) is 0 Å². The van der Waals surface area contributed by atoms with Crippen LogP contribution in [0.3, 0.4) is 0 Å². The van der Waals surface area contributed by atoms with Crippen molar-refractivity contribution in [2.24, 2.45) is 11.1 Å². The van der Waals surface area contributed by atoms with Gasteiger partial charge in [-0.1, -0.05) is 0 Å². The minimum absolute atomic E-state index is 0.0926. The van der Waals surface area contributed by atoms with Gasteiger partial charge in [-0.05, 0) is 6.92 Å². The van der Waals surface area contributed by atoms with Gasteiger partial charge in [-0.3, -0.25) is 0 Å². The molecule has 13 heavy (non-hydrogen) atoms. The molecule has 1 atom stereocenters. The fourth-order valence-corrected chi connectivity index (χ4v) is 1.20. The first kappa shape index (κ1) is 8.90. The van der Waals surface area contributed by atoms with Gasteiger partial charge in [-0.2, -0.15) is 15.8 Å². The summed E-state index contributed by atoms with van der Waals surface area (Å²) < 4.78 is 4.95. The molecular weight excluding hydrogens is 168 g/mol. The average molecular weight is 174 g/mol. The van der Waals surface area contributed by atoms with Crippen LogP contribution in [0.1, 0.15) is 6.92 Å². The molecule has 0 amide bonds. The van der Waals surface area contributed by atoms with Gasteiger partial charge < -0.3 is 10.5 Å². The van der Waals surface area contributed by atoms with Crippen molar-refractivity contribution in [3.05, 3.63) is 11.5 Å². The third-order valence-electron chi connectivity index (χ3n) is 2.02. The van der Waals surface area contributed by atoms with E-state index in [0.29, 0.717) is 0 Å². The Morgan fingerprint density at radius 1 is 1.38 bits per heavy atom. The first-order valence-corrected chi connectivity index (χ1v) is 3.52. The number of nitrogens with two attached hydrogens (primary N) is 1. The predicted octanol–water partition coefficient (Wildman–Crippen LogP) is 0.133. The van der Waals surface area contributed by atoms with Gasteiger partial charge in [-0.15, -0.1) is 0 Å². The molecule has 0 spiro atoms. The molecule has 0 saturated heterocycles. The quantitative estimate of drug-likeness (QED) is 0.561. The van der Waals surface area contributed by atoms with E-state index in [9.17, 15) is 0 Å². The molecule has 5 heteroatoms. The molecule has 0 unspecified atom stereocenters. The fourth-order valence-electron chi connectivity index (χ4n) is 1.20. The summed E-state index contributed by atoms with van der Waals surface area (Å²) in [4.78, 5) is 0. The summed E-state index contributed by atoms with van der Waals surface area (Å²) in [5.41, 5.74) is 3.70. The summed E-state index contributed by atoms with van der Waals surface area (Å²) >= 11 is 0. The van der Waals surface area contributed by atoms with E-state index in [4.69, 9.17) is 26.3 Å². The molecule has 2 N–H and O–H groups in total. The van der Waals surface area contributed by atoms with Crippen LogP contribution in [0.15, 0.2) is 11.5 Å². The molecule has 0 aliphatic carbocycles. The lowest BCUT2D eigenvalue weighted by Gasteiger charge is -2.14. The molecule has 0 aromatic carbocycles. The van der Waals surface area contributed by atoms with Gasteiger partial charge in [0.25, 0.3) is 0 Å². The van der Waals surface area contributed by atoms with Gasteiger partial charge in [0.2, 0.25) is 11.3 Å². The summed E-state index contributed by atoms with van der Waals surface area (Å²) in [7, 11) is 0. The zero-order valence-corrected chi connectivity index (χ0v) is 6.90. The highest BCUT2D eigenvalue weighted by Crippen LogP contribution is 2.39. The van der Waals surface area contributed by atoms with Crippen molar-refractivity contribution in [2.75, 3.05) is 0 Å². The maximum atomic E-state index is 8.81. The molecule has 0 fully saturated rings. The number of hydrogen-bond donors (Lipinski definition) is 1. The van der Waals surface area contributed by atoms with Gasteiger partial charge >= 0.3 is 0 Å². The first-order chi connectivity index (χ1) is 6.12. The highest BCUT2D eigenvalue weighted by atomic mass is 16.5. The molecule has 1 rings (SSSR count). The van der Waals surface area contributed by atoms with Crippen LogP contribution in [-0.2, 0) is 4.74 Å². The maximum Gasteiger partial charge on any atom is 0.219 e. The molecule has 1 aliphatic heterocycles. The van der Waals surface area contributed by atoms with E-state index in [2.05, 4.69) is 0 Å². The topological polar surface area (TPSA) is 107 Å². The molecule has 0 aromatic heterocycles. The normalized spacial score (nSPS) is 24.0. The zero-order valence-electron chi connectivity index (χ0n) is 6.90. The Hall–Kier alpha value is -2.19. The third-order valence-corrected chi connectivity index (χ3v) is 2.02. The first-order valence-electron chi connectivity index (χ1n) is 3.52. The maximum absolute atomic E-state index is 8.81. The predicted molar refractivity (Wildman–Crippen MR) is 41.0 cm³/mol. The lowest BCUT2D eigenvalue weighted by Crippen LogP contribution is -2.28. The molecule has 5 nitrogen and oxygen atoms in total. The molecule has 0 saturated carbocycles. The van der Waals surface area contributed by atoms with E-state index in [1.807, 2.05) is 0 Å². The number of nitriles is 3. The van der Waals surface area contributed by atoms with E-state index in [0.717, 1.165) is 0 Å². The van der Waals surface area contributed by atoms with Crippen LogP contribution in [0, 0.1) is 39.4 Å². The van der Waals surface area contributed by atoms with Crippen LogP contribution in [0.4, 0.5) is 0 Å². The fraction of sp³-hybridized carbons (Fsp3) is 0.375. The van der Waals surface area contributed by atoms with Gasteiger partial charge in [0.1, 0.15) is 17.7 Å². The van der Waals surface area contributed by atoms with Crippen molar-refractivity contribution in [2.45, 2.75) is 13.0 Å². The van der Waals surface area contributed by atoms with Crippen LogP contribution in [0.25, 0.3) is 0 Å². The summed E-state index contributed by atoms with van der Waals surface area (Å²) in [5, 5.41) is 26.3. The van der Waals surface area contributed by atoms with Crippen molar-refractivity contribution in [1.82, 2.24) is 0 Å². The van der Waals surface area contributed by atoms with Crippen molar-refractivity contribution in [1.29, 1.82) is 15.8 Å². The van der Waals surface area contributed by atoms with E-state index < -0.39 is 11.5 Å². The zero-order chi connectivity index (χ0) is 10.1. The molecular formula is C8H6N4O. The standard InChI is InChI=1S/C8H6N4O/c1-5-8(3-10,4-11)6(2-9)7(12)13-5/h5H,12H2,1H3/t5-/m0/s1. The minimum atomic E-state index is -1.54. The second-order valence-electron chi connectivity index (χ2n) is 2.64. The molecule has 0 bridgehead atoms. The number of ether oxygens (including phenoxy) is 1. The smallest absolute Gasteiger partial charge is 0.219 e. The van der Waals surface area contributed by atoms with Crippen molar-refractivity contribution in [3.8, 4) is 18.2 Å². The highest BCUT2D eigenvalue weighted by molar-refractivity contribution is 5.47. The van der Waals surface area contributed by atoms with Gasteiger partial charge in [0.15, 0.2) is 0 Å². The molecule has 1 aliphatic rings. The van der Waals surface area contributed by atoms with E-state index in [1.165, 1.54) is 6.92 Å². The van der Waals surface area contributed by atoms with E-state index in [-0.39, 0.29) is 11.5 Å². The summed E-state index contributed by atoms with van der Waals surface area (Å²) in [5.74, 6) is -0.127. The summed E-state index contributed by atoms with van der Waals surface area (Å²) in [6, 6.07) is 5.25.